The van der Waals surface area contributed by atoms with Crippen LogP contribution in [0.4, 0.5) is 5.69 Å². The zero-order valence-electron chi connectivity index (χ0n) is 10.2. The van der Waals surface area contributed by atoms with E-state index >= 15 is 0 Å². The molecule has 0 spiro atoms. The normalized spacial score (nSPS) is 10.0. The fourth-order valence-electron chi connectivity index (χ4n) is 2.04. The lowest BCUT2D eigenvalue weighted by Crippen LogP contribution is -3.00. The Balaban J connectivity index is 0.00000162. The molecule has 5 heteroatoms. The molecule has 0 unspecified atom stereocenters. The maximum Gasteiger partial charge on any atom is 0.167 e. The van der Waals surface area contributed by atoms with Crippen LogP contribution in [0.3, 0.4) is 0 Å². The average Bonchev–Trinajstić information content (AvgIpc) is 2.54. The number of halogens is 2. The number of aromatic nitrogens is 1. The topological polar surface area (TPSA) is 60.5 Å². The van der Waals surface area contributed by atoms with Crippen molar-refractivity contribution in [3.63, 3.8) is 0 Å². The quantitative estimate of drug-likeness (QED) is 0.739. The third-order valence-electron chi connectivity index (χ3n) is 2.76. The van der Waals surface area contributed by atoms with Gasteiger partial charge in [0.1, 0.15) is 5.69 Å². The number of hydrogen-bond donors (Lipinski definition) is 2. The van der Waals surface area contributed by atoms with Gasteiger partial charge in [-0.3, -0.25) is 4.79 Å². The van der Waals surface area contributed by atoms with Crippen LogP contribution in [0, 0.1) is 6.92 Å². The molecule has 4 N–H and O–H groups in total. The molecule has 0 saturated carbocycles. The predicted molar refractivity (Wildman–Crippen MR) is 71.2 cm³/mol. The number of aromatic amines is 1. The predicted octanol–water partition coefficient (Wildman–Crippen LogP) is -0.167. The first-order chi connectivity index (χ1) is 8.00. The minimum absolute atomic E-state index is 0. The van der Waals surface area contributed by atoms with E-state index in [0.717, 1.165) is 27.1 Å². The Morgan fingerprint density at radius 3 is 2.56 bits per heavy atom. The van der Waals surface area contributed by atoms with Gasteiger partial charge < -0.3 is 23.1 Å². The molecule has 1 aromatic carbocycles. The number of benzene rings is 1. The van der Waals surface area contributed by atoms with Crippen LogP contribution in [0.15, 0.2) is 28.7 Å². The molecule has 0 aliphatic rings. The highest BCUT2D eigenvalue weighted by Gasteiger charge is 2.20. The highest BCUT2D eigenvalue weighted by molar-refractivity contribution is 9.10. The Morgan fingerprint density at radius 2 is 2.06 bits per heavy atom. The largest absolute Gasteiger partial charge is 1.00 e. The number of Topliss-reactive ketones (excluding diaryl/α,β-unsaturated/α-hetero) is 1. The molecule has 0 amide bonds. The molecular formula is C13H14BrClN2O. The van der Waals surface area contributed by atoms with Gasteiger partial charge in [-0.1, -0.05) is 28.1 Å². The monoisotopic (exact) mass is 328 g/mol. The number of aryl methyl sites for hydroxylation is 1. The van der Waals surface area contributed by atoms with Crippen LogP contribution in [-0.2, 0) is 0 Å². The molecule has 0 bridgehead atoms. The van der Waals surface area contributed by atoms with Crippen LogP contribution < -0.4 is 18.1 Å². The minimum Gasteiger partial charge on any atom is -1.00 e. The highest BCUT2D eigenvalue weighted by atomic mass is 79.9. The smallest absolute Gasteiger partial charge is 0.167 e. The maximum absolute atomic E-state index is 11.5. The summed E-state index contributed by atoms with van der Waals surface area (Å²) in [5, 5.41) is 0. The lowest BCUT2D eigenvalue weighted by molar-refractivity contribution is -0.254. The first-order valence-electron chi connectivity index (χ1n) is 5.32. The SMILES string of the molecule is CC(=O)c1c(C)[nH]c(-c2cccc(Br)c2)c1[NH3+].[Cl-]. The van der Waals surface area contributed by atoms with Gasteiger partial charge in [-0.2, -0.15) is 0 Å². The summed E-state index contributed by atoms with van der Waals surface area (Å²) < 4.78 is 1.01. The van der Waals surface area contributed by atoms with E-state index in [1.54, 1.807) is 6.92 Å². The van der Waals surface area contributed by atoms with Crippen molar-refractivity contribution >= 4 is 27.4 Å². The fraction of sp³-hybridized carbons (Fsp3) is 0.154. The van der Waals surface area contributed by atoms with Crippen molar-refractivity contribution in [1.29, 1.82) is 0 Å². The lowest BCUT2D eigenvalue weighted by Gasteiger charge is -1.99. The number of ketones is 1. The Bertz CT molecular complexity index is 593. The zero-order chi connectivity index (χ0) is 12.6. The van der Waals surface area contributed by atoms with Gasteiger partial charge in [-0.05, 0) is 26.0 Å². The molecule has 3 nitrogen and oxygen atoms in total. The molecule has 96 valence electrons. The van der Waals surface area contributed by atoms with E-state index in [-0.39, 0.29) is 18.2 Å². The zero-order valence-corrected chi connectivity index (χ0v) is 12.5. The summed E-state index contributed by atoms with van der Waals surface area (Å²) in [6.45, 7) is 3.46. The van der Waals surface area contributed by atoms with Gasteiger partial charge in [0, 0.05) is 15.7 Å². The number of rotatable bonds is 2. The molecule has 18 heavy (non-hydrogen) atoms. The summed E-state index contributed by atoms with van der Waals surface area (Å²) in [4.78, 5) is 14.8. The highest BCUT2D eigenvalue weighted by Crippen LogP contribution is 2.30. The van der Waals surface area contributed by atoms with Crippen molar-refractivity contribution < 1.29 is 22.9 Å². The average molecular weight is 330 g/mol. The van der Waals surface area contributed by atoms with Gasteiger partial charge >= 0.3 is 0 Å². The molecule has 0 fully saturated rings. The van der Waals surface area contributed by atoms with Crippen molar-refractivity contribution in [1.82, 2.24) is 4.98 Å². The van der Waals surface area contributed by atoms with Gasteiger partial charge in [0.05, 0.1) is 5.56 Å². The van der Waals surface area contributed by atoms with Crippen LogP contribution in [0.25, 0.3) is 11.3 Å². The van der Waals surface area contributed by atoms with E-state index in [1.165, 1.54) is 0 Å². The van der Waals surface area contributed by atoms with E-state index in [1.807, 2.05) is 31.2 Å². The van der Waals surface area contributed by atoms with Gasteiger partial charge in [0.25, 0.3) is 0 Å². The van der Waals surface area contributed by atoms with Crippen LogP contribution in [-0.4, -0.2) is 10.8 Å². The summed E-state index contributed by atoms with van der Waals surface area (Å²) in [7, 11) is 0. The van der Waals surface area contributed by atoms with Crippen LogP contribution in [0.5, 0.6) is 0 Å². The Morgan fingerprint density at radius 1 is 1.39 bits per heavy atom. The molecule has 1 heterocycles. The standard InChI is InChI=1S/C13H13BrN2O.ClH/c1-7-11(8(2)17)12(15)13(16-7)9-4-3-5-10(14)6-9;/h3-6,16H,15H2,1-2H3;1H. The second kappa shape index (κ2) is 5.69. The summed E-state index contributed by atoms with van der Waals surface area (Å²) >= 11 is 3.44. The van der Waals surface area contributed by atoms with Gasteiger partial charge in [-0.25, -0.2) is 0 Å². The van der Waals surface area contributed by atoms with E-state index in [0.29, 0.717) is 5.56 Å². The summed E-state index contributed by atoms with van der Waals surface area (Å²) in [5.74, 6) is 0.0463. The second-order valence-electron chi connectivity index (χ2n) is 4.05. The maximum atomic E-state index is 11.5. The third kappa shape index (κ3) is 2.66. The number of H-pyrrole nitrogens is 1. The second-order valence-corrected chi connectivity index (χ2v) is 4.96. The van der Waals surface area contributed by atoms with Crippen molar-refractivity contribution in [3.8, 4) is 11.3 Å². The van der Waals surface area contributed by atoms with Crippen LogP contribution >= 0.6 is 15.9 Å². The first-order valence-corrected chi connectivity index (χ1v) is 6.11. The third-order valence-corrected chi connectivity index (χ3v) is 3.25. The van der Waals surface area contributed by atoms with Crippen LogP contribution in [0.2, 0.25) is 0 Å². The molecule has 2 rings (SSSR count). The van der Waals surface area contributed by atoms with E-state index < -0.39 is 0 Å². The van der Waals surface area contributed by atoms with Crippen LogP contribution in [0.1, 0.15) is 23.0 Å². The molecule has 1 aromatic heterocycles. The van der Waals surface area contributed by atoms with E-state index in [9.17, 15) is 4.79 Å². The first kappa shape index (κ1) is 15.0. The molecule has 0 aliphatic heterocycles. The number of carbonyl (C=O) groups excluding carboxylic acids is 1. The minimum atomic E-state index is 0. The molecular weight excluding hydrogens is 316 g/mol. The Labute approximate surface area is 120 Å². The summed E-state index contributed by atoms with van der Waals surface area (Å²) in [5.41, 5.74) is 8.28. The molecule has 2 aromatic rings. The molecule has 0 saturated heterocycles. The number of nitrogens with one attached hydrogen (secondary N) is 1. The number of hydrogen-bond acceptors (Lipinski definition) is 1. The van der Waals surface area contributed by atoms with Gasteiger partial charge in [-0.15, -0.1) is 0 Å². The molecule has 0 radical (unpaired) electrons. The molecule has 0 atom stereocenters. The van der Waals surface area contributed by atoms with E-state index in [2.05, 4.69) is 26.6 Å². The van der Waals surface area contributed by atoms with Crippen molar-refractivity contribution in [2.75, 3.05) is 0 Å². The van der Waals surface area contributed by atoms with Gasteiger partial charge in [0.2, 0.25) is 0 Å². The summed E-state index contributed by atoms with van der Waals surface area (Å²) in [6.07, 6.45) is 0. The van der Waals surface area contributed by atoms with Gasteiger partial charge in [0.15, 0.2) is 11.5 Å². The van der Waals surface area contributed by atoms with Crippen molar-refractivity contribution in [2.24, 2.45) is 0 Å². The Kier molecular flexibility index (Phi) is 4.73. The fourth-order valence-corrected chi connectivity index (χ4v) is 2.44. The summed E-state index contributed by atoms with van der Waals surface area (Å²) in [6, 6.07) is 7.93. The number of quaternary nitrogens is 1. The number of carbonyl (C=O) groups is 1. The van der Waals surface area contributed by atoms with Crippen molar-refractivity contribution in [3.05, 3.63) is 40.0 Å². The van der Waals surface area contributed by atoms with Crippen molar-refractivity contribution in [2.45, 2.75) is 13.8 Å². The molecule has 0 aliphatic carbocycles. The van der Waals surface area contributed by atoms with E-state index in [4.69, 9.17) is 0 Å². The lowest BCUT2D eigenvalue weighted by atomic mass is 10.1. The Hall–Kier alpha value is -1.10.